The number of benzene rings is 1. The predicted octanol–water partition coefficient (Wildman–Crippen LogP) is 2.47. The van der Waals surface area contributed by atoms with Crippen molar-refractivity contribution in [2.45, 2.75) is 44.8 Å². The normalized spacial score (nSPS) is 19.6. The molecule has 1 aromatic rings. The van der Waals surface area contributed by atoms with E-state index < -0.39 is 17.0 Å². The van der Waals surface area contributed by atoms with Crippen LogP contribution in [0.1, 0.15) is 39.2 Å². The van der Waals surface area contributed by atoms with Crippen LogP contribution in [0.25, 0.3) is 0 Å². The number of carbonyl (C=O) groups is 2. The number of amidine groups is 1. The number of rotatable bonds is 1. The summed E-state index contributed by atoms with van der Waals surface area (Å²) in [6.45, 7) is 6.18. The van der Waals surface area contributed by atoms with E-state index in [1.807, 2.05) is 20.8 Å². The highest BCUT2D eigenvalue weighted by atomic mass is 19.1. The molecule has 1 aromatic carbocycles. The number of carbonyl (C=O) groups excluding carboxylic acids is 2. The minimum Gasteiger partial charge on any atom is -0.444 e. The summed E-state index contributed by atoms with van der Waals surface area (Å²) >= 11 is 0. The van der Waals surface area contributed by atoms with Gasteiger partial charge in [0.2, 0.25) is 0 Å². The zero-order chi connectivity index (χ0) is 18.2. The third-order valence-corrected chi connectivity index (χ3v) is 4.35. The van der Waals surface area contributed by atoms with Gasteiger partial charge in [0, 0.05) is 13.1 Å². The lowest BCUT2D eigenvalue weighted by Gasteiger charge is -2.36. The Morgan fingerprint density at radius 2 is 1.92 bits per heavy atom. The molecule has 1 spiro atoms. The van der Waals surface area contributed by atoms with E-state index in [2.05, 4.69) is 10.3 Å². The number of hydrogen-bond acceptors (Lipinski definition) is 4. The fourth-order valence-corrected chi connectivity index (χ4v) is 3.02. The molecule has 3 rings (SSSR count). The van der Waals surface area contributed by atoms with E-state index in [-0.39, 0.29) is 23.4 Å². The quantitative estimate of drug-likeness (QED) is 0.848. The van der Waals surface area contributed by atoms with Crippen LogP contribution in [0, 0.1) is 5.82 Å². The van der Waals surface area contributed by atoms with Crippen LogP contribution in [0.3, 0.4) is 0 Å². The van der Waals surface area contributed by atoms with Crippen LogP contribution in [-0.4, -0.2) is 47.0 Å². The van der Waals surface area contributed by atoms with Crippen molar-refractivity contribution >= 4 is 17.8 Å². The maximum Gasteiger partial charge on any atom is 0.410 e. The molecule has 0 saturated carbocycles. The van der Waals surface area contributed by atoms with Gasteiger partial charge in [0.15, 0.2) is 0 Å². The van der Waals surface area contributed by atoms with Gasteiger partial charge in [0.05, 0.1) is 5.56 Å². The summed E-state index contributed by atoms with van der Waals surface area (Å²) in [5.74, 6) is -0.409. The average molecular weight is 347 g/mol. The van der Waals surface area contributed by atoms with E-state index in [0.717, 1.165) is 0 Å². The number of aliphatic imine (C=N–C) groups is 1. The van der Waals surface area contributed by atoms with Gasteiger partial charge < -0.3 is 15.0 Å². The van der Waals surface area contributed by atoms with Crippen LogP contribution in [0.4, 0.5) is 9.18 Å². The zero-order valence-corrected chi connectivity index (χ0v) is 14.6. The van der Waals surface area contributed by atoms with Crippen LogP contribution < -0.4 is 5.32 Å². The third kappa shape index (κ3) is 3.50. The van der Waals surface area contributed by atoms with Crippen molar-refractivity contribution in [3.8, 4) is 0 Å². The Bertz CT molecular complexity index is 731. The molecular formula is C18H22FN3O3. The Hall–Kier alpha value is -2.44. The summed E-state index contributed by atoms with van der Waals surface area (Å²) in [5, 5.41) is 2.69. The highest BCUT2D eigenvalue weighted by Crippen LogP contribution is 2.31. The number of nitrogens with one attached hydrogen (secondary N) is 1. The Balaban J connectivity index is 1.73. The van der Waals surface area contributed by atoms with Crippen molar-refractivity contribution in [2.24, 2.45) is 4.99 Å². The topological polar surface area (TPSA) is 71.0 Å². The van der Waals surface area contributed by atoms with Gasteiger partial charge in [-0.05, 0) is 45.7 Å². The molecule has 0 radical (unpaired) electrons. The summed E-state index contributed by atoms with van der Waals surface area (Å²) in [7, 11) is 0. The molecule has 1 fully saturated rings. The van der Waals surface area contributed by atoms with Gasteiger partial charge in [-0.1, -0.05) is 12.1 Å². The van der Waals surface area contributed by atoms with Crippen molar-refractivity contribution in [3.05, 3.63) is 35.6 Å². The van der Waals surface area contributed by atoms with Crippen LogP contribution in [0.15, 0.2) is 29.3 Å². The highest BCUT2D eigenvalue weighted by Gasteiger charge is 2.47. The number of piperidine rings is 1. The number of hydrogen-bond donors (Lipinski definition) is 1. The summed E-state index contributed by atoms with van der Waals surface area (Å²) in [5.41, 5.74) is -1.22. The second-order valence-electron chi connectivity index (χ2n) is 7.39. The summed E-state index contributed by atoms with van der Waals surface area (Å²) in [6, 6.07) is 6.21. The molecule has 6 nitrogen and oxygen atoms in total. The fraction of sp³-hybridized carbons (Fsp3) is 0.500. The molecule has 0 atom stereocenters. The molecule has 2 aliphatic heterocycles. The van der Waals surface area contributed by atoms with Crippen molar-refractivity contribution in [3.63, 3.8) is 0 Å². The minimum absolute atomic E-state index is 0.241. The van der Waals surface area contributed by atoms with Crippen LogP contribution in [-0.2, 0) is 9.53 Å². The molecule has 1 N–H and O–H groups in total. The predicted molar refractivity (Wildman–Crippen MR) is 90.9 cm³/mol. The number of halogens is 1. The first-order chi connectivity index (χ1) is 11.7. The molecule has 0 unspecified atom stereocenters. The Labute approximate surface area is 146 Å². The molecular weight excluding hydrogens is 325 g/mol. The van der Waals surface area contributed by atoms with Crippen LogP contribution >= 0.6 is 0 Å². The lowest BCUT2D eigenvalue weighted by Crippen LogP contribution is -2.51. The zero-order valence-electron chi connectivity index (χ0n) is 14.6. The van der Waals surface area contributed by atoms with Crippen LogP contribution in [0.2, 0.25) is 0 Å². The molecule has 2 heterocycles. The van der Waals surface area contributed by atoms with Crippen molar-refractivity contribution < 1.29 is 18.7 Å². The first-order valence-electron chi connectivity index (χ1n) is 8.34. The monoisotopic (exact) mass is 347 g/mol. The lowest BCUT2D eigenvalue weighted by atomic mass is 9.88. The van der Waals surface area contributed by atoms with Gasteiger partial charge in [-0.3, -0.25) is 9.79 Å². The van der Waals surface area contributed by atoms with Gasteiger partial charge in [0.1, 0.15) is 22.8 Å². The smallest absolute Gasteiger partial charge is 0.410 e. The maximum absolute atomic E-state index is 13.9. The second kappa shape index (κ2) is 6.13. The van der Waals surface area contributed by atoms with Crippen LogP contribution in [0.5, 0.6) is 0 Å². The standard InChI is InChI=1S/C18H22FN3O3/c1-17(2,3)25-16(24)22-10-8-18(9-11-22)15(23)20-14(21-18)12-6-4-5-7-13(12)19/h4-7H,8-11H2,1-3H3,(H,20,21,23). The molecule has 2 aliphatic rings. The molecule has 0 aliphatic carbocycles. The molecule has 2 amide bonds. The van der Waals surface area contributed by atoms with E-state index in [1.54, 1.807) is 23.1 Å². The Morgan fingerprint density at radius 1 is 1.28 bits per heavy atom. The van der Waals surface area contributed by atoms with E-state index in [4.69, 9.17) is 4.74 Å². The van der Waals surface area contributed by atoms with Crippen molar-refractivity contribution in [1.82, 2.24) is 10.2 Å². The third-order valence-electron chi connectivity index (χ3n) is 4.35. The largest absolute Gasteiger partial charge is 0.444 e. The molecule has 0 bridgehead atoms. The Morgan fingerprint density at radius 3 is 2.52 bits per heavy atom. The van der Waals surface area contributed by atoms with Gasteiger partial charge in [-0.2, -0.15) is 0 Å². The molecule has 0 aromatic heterocycles. The van der Waals surface area contributed by atoms with Crippen molar-refractivity contribution in [1.29, 1.82) is 0 Å². The molecule has 134 valence electrons. The van der Waals surface area contributed by atoms with E-state index in [9.17, 15) is 14.0 Å². The van der Waals surface area contributed by atoms with Gasteiger partial charge in [-0.25, -0.2) is 9.18 Å². The number of nitrogens with zero attached hydrogens (tertiary/aromatic N) is 2. The molecule has 25 heavy (non-hydrogen) atoms. The lowest BCUT2D eigenvalue weighted by molar-refractivity contribution is -0.125. The SMILES string of the molecule is CC(C)(C)OC(=O)N1CCC2(CC1)N=C(c1ccccc1F)NC2=O. The van der Waals surface area contributed by atoms with E-state index in [1.165, 1.54) is 6.07 Å². The number of amides is 2. The maximum atomic E-state index is 13.9. The number of likely N-dealkylation sites (tertiary alicyclic amines) is 1. The second-order valence-corrected chi connectivity index (χ2v) is 7.39. The number of ether oxygens (including phenoxy) is 1. The summed E-state index contributed by atoms with van der Waals surface area (Å²) < 4.78 is 19.3. The molecule has 1 saturated heterocycles. The van der Waals surface area contributed by atoms with E-state index >= 15 is 0 Å². The summed E-state index contributed by atoms with van der Waals surface area (Å²) in [6.07, 6.45) is 0.380. The minimum atomic E-state index is -0.934. The average Bonchev–Trinajstić information content (AvgIpc) is 2.83. The first kappa shape index (κ1) is 17.4. The van der Waals surface area contributed by atoms with E-state index in [0.29, 0.717) is 25.9 Å². The Kier molecular flexibility index (Phi) is 4.26. The van der Waals surface area contributed by atoms with Gasteiger partial charge >= 0.3 is 6.09 Å². The molecule has 7 heteroatoms. The summed E-state index contributed by atoms with van der Waals surface area (Å²) in [4.78, 5) is 30.7. The van der Waals surface area contributed by atoms with Crippen molar-refractivity contribution in [2.75, 3.05) is 13.1 Å². The van der Waals surface area contributed by atoms with Gasteiger partial charge in [-0.15, -0.1) is 0 Å². The van der Waals surface area contributed by atoms with Gasteiger partial charge in [0.25, 0.3) is 5.91 Å². The highest BCUT2D eigenvalue weighted by molar-refractivity contribution is 6.15. The fourth-order valence-electron chi connectivity index (χ4n) is 3.02. The first-order valence-corrected chi connectivity index (χ1v) is 8.34.